The molecule has 0 aliphatic carbocycles. The van der Waals surface area contributed by atoms with E-state index in [0.29, 0.717) is 30.9 Å². The maximum absolute atomic E-state index is 12.7. The summed E-state index contributed by atoms with van der Waals surface area (Å²) in [6.45, 7) is 3.33. The van der Waals surface area contributed by atoms with Gasteiger partial charge in [-0.05, 0) is 29.8 Å². The number of carbonyl (C=O) groups excluding carboxylic acids is 1. The molecule has 0 saturated carbocycles. The number of nitrogens with two attached hydrogens (primary N) is 1. The lowest BCUT2D eigenvalue weighted by Gasteiger charge is -2.37. The highest BCUT2D eigenvalue weighted by atomic mass is 35.5. The van der Waals surface area contributed by atoms with E-state index < -0.39 is 5.91 Å². The van der Waals surface area contributed by atoms with Crippen LogP contribution in [-0.4, -0.2) is 41.9 Å². The Balaban J connectivity index is 1.45. The minimum atomic E-state index is -0.435. The summed E-state index contributed by atoms with van der Waals surface area (Å²) in [7, 11) is 0. The number of hydrogen-bond donors (Lipinski definition) is 1. The van der Waals surface area contributed by atoms with Crippen LogP contribution in [0.4, 0.5) is 11.4 Å². The predicted octanol–water partition coefficient (Wildman–Crippen LogP) is 2.37. The van der Waals surface area contributed by atoms with E-state index in [2.05, 4.69) is 14.9 Å². The highest BCUT2D eigenvalue weighted by Crippen LogP contribution is 2.24. The van der Waals surface area contributed by atoms with Gasteiger partial charge >= 0.3 is 0 Å². The Bertz CT molecular complexity index is 1090. The average Bonchev–Trinajstić information content (AvgIpc) is 2.78. The molecule has 1 amide bonds. The van der Waals surface area contributed by atoms with Crippen LogP contribution in [0.1, 0.15) is 15.9 Å². The monoisotopic (exact) mass is 423 g/mol. The number of hydrogen-bond acceptors (Lipinski definition) is 5. The topological polar surface area (TPSA) is 84.5 Å². The standard InChI is InChI=1S/C22H22ClN5O2/c23-20-19(14-25-28(22(20)30)15-16-4-2-1-3-5-16)27-12-10-26(11-13-27)18-8-6-17(7-9-18)21(24)29/h1-9,14H,10-13,15H2,(H2,24,29). The van der Waals surface area contributed by atoms with Crippen molar-refractivity contribution in [3.8, 4) is 0 Å². The summed E-state index contributed by atoms with van der Waals surface area (Å²) in [6, 6.07) is 16.9. The van der Waals surface area contributed by atoms with E-state index in [4.69, 9.17) is 17.3 Å². The highest BCUT2D eigenvalue weighted by Gasteiger charge is 2.21. The second kappa shape index (κ2) is 8.59. The van der Waals surface area contributed by atoms with Gasteiger partial charge in [0.15, 0.2) is 0 Å². The Hall–Kier alpha value is -3.32. The van der Waals surface area contributed by atoms with E-state index >= 15 is 0 Å². The van der Waals surface area contributed by atoms with Crippen LogP contribution in [0.5, 0.6) is 0 Å². The summed E-state index contributed by atoms with van der Waals surface area (Å²) < 4.78 is 1.39. The average molecular weight is 424 g/mol. The Morgan fingerprint density at radius 3 is 2.23 bits per heavy atom. The fourth-order valence-electron chi connectivity index (χ4n) is 3.59. The second-order valence-corrected chi connectivity index (χ2v) is 7.56. The zero-order valence-corrected chi connectivity index (χ0v) is 17.1. The lowest BCUT2D eigenvalue weighted by molar-refractivity contribution is 0.100. The zero-order valence-electron chi connectivity index (χ0n) is 16.4. The van der Waals surface area contributed by atoms with Gasteiger partial charge in [-0.25, -0.2) is 4.68 Å². The zero-order chi connectivity index (χ0) is 21.1. The normalized spacial score (nSPS) is 14.0. The van der Waals surface area contributed by atoms with Gasteiger partial charge in [0.05, 0.1) is 18.4 Å². The molecule has 2 heterocycles. The molecule has 0 spiro atoms. The van der Waals surface area contributed by atoms with Gasteiger partial charge in [0, 0.05) is 37.4 Å². The first-order valence-corrected chi connectivity index (χ1v) is 10.1. The molecule has 1 aliphatic rings. The molecule has 1 saturated heterocycles. The van der Waals surface area contributed by atoms with E-state index in [-0.39, 0.29) is 10.6 Å². The van der Waals surface area contributed by atoms with Crippen LogP contribution in [0.3, 0.4) is 0 Å². The number of piperazine rings is 1. The van der Waals surface area contributed by atoms with Gasteiger partial charge in [0.2, 0.25) is 5.91 Å². The van der Waals surface area contributed by atoms with Crippen LogP contribution in [-0.2, 0) is 6.54 Å². The number of rotatable bonds is 5. The molecule has 4 rings (SSSR count). The molecule has 1 aromatic heterocycles. The molecule has 2 aromatic carbocycles. The summed E-state index contributed by atoms with van der Waals surface area (Å²) in [5, 5.41) is 4.53. The van der Waals surface area contributed by atoms with Crippen molar-refractivity contribution >= 4 is 28.9 Å². The van der Waals surface area contributed by atoms with Crippen LogP contribution in [0, 0.1) is 0 Å². The fourth-order valence-corrected chi connectivity index (χ4v) is 3.85. The molecule has 3 aromatic rings. The third-order valence-corrected chi connectivity index (χ3v) is 5.63. The van der Waals surface area contributed by atoms with Gasteiger partial charge in [-0.3, -0.25) is 9.59 Å². The van der Waals surface area contributed by atoms with Crippen LogP contribution in [0.15, 0.2) is 65.6 Å². The number of amides is 1. The Labute approximate surface area is 179 Å². The van der Waals surface area contributed by atoms with E-state index in [1.165, 1.54) is 4.68 Å². The maximum atomic E-state index is 12.7. The number of anilines is 2. The summed E-state index contributed by atoms with van der Waals surface area (Å²) >= 11 is 6.43. The second-order valence-electron chi connectivity index (χ2n) is 7.18. The fraction of sp³-hybridized carbons (Fsp3) is 0.227. The van der Waals surface area contributed by atoms with Crippen LogP contribution >= 0.6 is 11.6 Å². The molecular weight excluding hydrogens is 402 g/mol. The number of nitrogens with zero attached hydrogens (tertiary/aromatic N) is 4. The van der Waals surface area contributed by atoms with Crippen molar-refractivity contribution in [3.05, 3.63) is 87.3 Å². The third kappa shape index (κ3) is 4.16. The Morgan fingerprint density at radius 1 is 0.967 bits per heavy atom. The van der Waals surface area contributed by atoms with Crippen molar-refractivity contribution in [2.45, 2.75) is 6.54 Å². The third-order valence-electron chi connectivity index (χ3n) is 5.28. The van der Waals surface area contributed by atoms with E-state index in [1.54, 1.807) is 18.3 Å². The Kier molecular flexibility index (Phi) is 5.72. The SMILES string of the molecule is NC(=O)c1ccc(N2CCN(c3cnn(Cc4ccccc4)c(=O)c3Cl)CC2)cc1. The molecule has 0 bridgehead atoms. The molecule has 2 N–H and O–H groups in total. The number of halogens is 1. The summed E-state index contributed by atoms with van der Waals surface area (Å²) in [6.07, 6.45) is 1.67. The minimum Gasteiger partial charge on any atom is -0.368 e. The largest absolute Gasteiger partial charge is 0.368 e. The van der Waals surface area contributed by atoms with Gasteiger partial charge < -0.3 is 15.5 Å². The van der Waals surface area contributed by atoms with E-state index in [9.17, 15) is 9.59 Å². The van der Waals surface area contributed by atoms with Crippen molar-refractivity contribution in [1.29, 1.82) is 0 Å². The predicted molar refractivity (Wildman–Crippen MR) is 118 cm³/mol. The first kappa shape index (κ1) is 20.0. The molecule has 0 radical (unpaired) electrons. The lowest BCUT2D eigenvalue weighted by atomic mass is 10.1. The molecule has 30 heavy (non-hydrogen) atoms. The molecule has 0 atom stereocenters. The van der Waals surface area contributed by atoms with Crippen molar-refractivity contribution < 1.29 is 4.79 Å². The molecule has 154 valence electrons. The van der Waals surface area contributed by atoms with Gasteiger partial charge in [-0.2, -0.15) is 5.10 Å². The van der Waals surface area contributed by atoms with Crippen LogP contribution in [0.25, 0.3) is 0 Å². The number of primary amides is 1. The first-order chi connectivity index (χ1) is 14.5. The summed E-state index contributed by atoms with van der Waals surface area (Å²) in [5.74, 6) is -0.435. The molecule has 0 unspecified atom stereocenters. The minimum absolute atomic E-state index is 0.195. The molecule has 8 heteroatoms. The van der Waals surface area contributed by atoms with Gasteiger partial charge in [0.1, 0.15) is 5.02 Å². The van der Waals surface area contributed by atoms with Gasteiger partial charge in [-0.1, -0.05) is 41.9 Å². The number of aromatic nitrogens is 2. The first-order valence-electron chi connectivity index (χ1n) is 9.72. The quantitative estimate of drug-likeness (QED) is 0.681. The molecule has 7 nitrogen and oxygen atoms in total. The van der Waals surface area contributed by atoms with Crippen molar-refractivity contribution in [1.82, 2.24) is 9.78 Å². The van der Waals surface area contributed by atoms with Gasteiger partial charge in [0.25, 0.3) is 5.56 Å². The number of carbonyl (C=O) groups is 1. The van der Waals surface area contributed by atoms with Crippen molar-refractivity contribution in [2.24, 2.45) is 5.73 Å². The summed E-state index contributed by atoms with van der Waals surface area (Å²) in [4.78, 5) is 28.2. The molecular formula is C22H22ClN5O2. The maximum Gasteiger partial charge on any atom is 0.287 e. The van der Waals surface area contributed by atoms with Crippen molar-refractivity contribution in [2.75, 3.05) is 36.0 Å². The highest BCUT2D eigenvalue weighted by molar-refractivity contribution is 6.33. The van der Waals surface area contributed by atoms with Crippen LogP contribution in [0.2, 0.25) is 5.02 Å². The Morgan fingerprint density at radius 2 is 1.60 bits per heavy atom. The molecule has 1 fully saturated rings. The van der Waals surface area contributed by atoms with Crippen LogP contribution < -0.4 is 21.1 Å². The van der Waals surface area contributed by atoms with E-state index in [1.807, 2.05) is 42.5 Å². The van der Waals surface area contributed by atoms with Crippen molar-refractivity contribution in [3.63, 3.8) is 0 Å². The molecule has 1 aliphatic heterocycles. The smallest absolute Gasteiger partial charge is 0.287 e. The van der Waals surface area contributed by atoms with Gasteiger partial charge in [-0.15, -0.1) is 0 Å². The summed E-state index contributed by atoms with van der Waals surface area (Å²) in [5.41, 5.74) is 8.19. The lowest BCUT2D eigenvalue weighted by Crippen LogP contribution is -2.47. The number of benzene rings is 2. The van der Waals surface area contributed by atoms with E-state index in [0.717, 1.165) is 24.3 Å².